The molecule has 0 aliphatic heterocycles. The van der Waals surface area contributed by atoms with E-state index in [1.807, 2.05) is 25.1 Å². The summed E-state index contributed by atoms with van der Waals surface area (Å²) in [6, 6.07) is 5.43. The van der Waals surface area contributed by atoms with Crippen LogP contribution < -0.4 is 5.73 Å². The van der Waals surface area contributed by atoms with Crippen LogP contribution in [0.15, 0.2) is 18.2 Å². The lowest BCUT2D eigenvalue weighted by atomic mass is 9.98. The zero-order valence-corrected chi connectivity index (χ0v) is 9.54. The molecule has 1 saturated carbocycles. The maximum absolute atomic E-state index is 9.90. The van der Waals surface area contributed by atoms with Crippen LogP contribution in [-0.4, -0.2) is 11.2 Å². The molecule has 1 fully saturated rings. The zero-order valence-electron chi connectivity index (χ0n) is 8.78. The highest BCUT2D eigenvalue weighted by atomic mass is 35.5. The van der Waals surface area contributed by atoms with Crippen molar-refractivity contribution in [3.63, 3.8) is 0 Å². The van der Waals surface area contributed by atoms with E-state index in [0.717, 1.165) is 24.0 Å². The average Bonchev–Trinajstić information content (AvgIpc) is 3.03. The third-order valence-electron chi connectivity index (χ3n) is 3.05. The quantitative estimate of drug-likeness (QED) is 0.830. The van der Waals surface area contributed by atoms with Gasteiger partial charge in [-0.05, 0) is 42.9 Å². The molecule has 2 nitrogen and oxygen atoms in total. The normalized spacial score (nSPS) is 20.0. The van der Waals surface area contributed by atoms with Gasteiger partial charge >= 0.3 is 0 Å². The predicted molar refractivity (Wildman–Crippen MR) is 61.8 cm³/mol. The molecule has 82 valence electrons. The SMILES string of the molecule is Cc1ccc([C@@H](N)[C@@H](O)C2CC2)cc1Cl. The minimum absolute atomic E-state index is 0.310. The molecule has 2 rings (SSSR count). The fourth-order valence-electron chi connectivity index (χ4n) is 1.74. The molecular formula is C12H16ClNO. The molecule has 0 heterocycles. The van der Waals surface area contributed by atoms with Crippen molar-refractivity contribution in [1.29, 1.82) is 0 Å². The number of aliphatic hydroxyl groups is 1. The molecule has 0 spiro atoms. The molecule has 1 aliphatic carbocycles. The smallest absolute Gasteiger partial charge is 0.0760 e. The van der Waals surface area contributed by atoms with E-state index >= 15 is 0 Å². The van der Waals surface area contributed by atoms with E-state index in [2.05, 4.69) is 0 Å². The van der Waals surface area contributed by atoms with Gasteiger partial charge in [0.25, 0.3) is 0 Å². The predicted octanol–water partition coefficient (Wildman–Crippen LogP) is 2.42. The first-order valence-electron chi connectivity index (χ1n) is 5.29. The van der Waals surface area contributed by atoms with E-state index in [1.165, 1.54) is 0 Å². The summed E-state index contributed by atoms with van der Waals surface area (Å²) < 4.78 is 0. The van der Waals surface area contributed by atoms with Crippen molar-refractivity contribution in [2.45, 2.75) is 31.9 Å². The minimum Gasteiger partial charge on any atom is -0.391 e. The number of hydrogen-bond donors (Lipinski definition) is 2. The Labute approximate surface area is 95.1 Å². The minimum atomic E-state index is -0.427. The molecule has 2 atom stereocenters. The Bertz CT molecular complexity index is 363. The Morgan fingerprint density at radius 2 is 2.13 bits per heavy atom. The lowest BCUT2D eigenvalue weighted by Crippen LogP contribution is -2.27. The molecule has 0 aromatic heterocycles. The summed E-state index contributed by atoms with van der Waals surface area (Å²) in [5.41, 5.74) is 7.95. The van der Waals surface area contributed by atoms with E-state index in [9.17, 15) is 5.11 Å². The van der Waals surface area contributed by atoms with Gasteiger partial charge in [0.15, 0.2) is 0 Å². The van der Waals surface area contributed by atoms with Crippen molar-refractivity contribution < 1.29 is 5.11 Å². The first kappa shape index (κ1) is 10.9. The number of nitrogens with two attached hydrogens (primary N) is 1. The lowest BCUT2D eigenvalue weighted by molar-refractivity contribution is 0.122. The average molecular weight is 226 g/mol. The Morgan fingerprint density at radius 1 is 1.47 bits per heavy atom. The van der Waals surface area contributed by atoms with Crippen LogP contribution in [0.2, 0.25) is 5.02 Å². The number of aryl methyl sites for hydroxylation is 1. The third kappa shape index (κ3) is 2.33. The molecule has 0 unspecified atom stereocenters. The molecule has 1 aromatic carbocycles. The van der Waals surface area contributed by atoms with Gasteiger partial charge in [-0.25, -0.2) is 0 Å². The van der Waals surface area contributed by atoms with Crippen LogP contribution in [0.5, 0.6) is 0 Å². The van der Waals surface area contributed by atoms with Crippen LogP contribution in [-0.2, 0) is 0 Å². The van der Waals surface area contributed by atoms with Crippen molar-refractivity contribution in [3.05, 3.63) is 34.3 Å². The maximum atomic E-state index is 9.90. The highest BCUT2D eigenvalue weighted by Crippen LogP contribution is 2.37. The number of aliphatic hydroxyl groups excluding tert-OH is 1. The van der Waals surface area contributed by atoms with E-state index in [-0.39, 0.29) is 6.04 Å². The van der Waals surface area contributed by atoms with Crippen molar-refractivity contribution in [2.75, 3.05) is 0 Å². The molecule has 0 saturated heterocycles. The van der Waals surface area contributed by atoms with Crippen LogP contribution >= 0.6 is 11.6 Å². The highest BCUT2D eigenvalue weighted by molar-refractivity contribution is 6.31. The standard InChI is InChI=1S/C12H16ClNO/c1-7-2-3-9(6-10(7)13)11(14)12(15)8-4-5-8/h2-3,6,8,11-12,15H,4-5,14H2,1H3/t11-,12+/m1/s1. The summed E-state index contributed by atoms with van der Waals surface area (Å²) in [6.07, 6.45) is 1.76. The number of halogens is 1. The second kappa shape index (κ2) is 4.12. The molecule has 0 bridgehead atoms. The van der Waals surface area contributed by atoms with Crippen molar-refractivity contribution in [2.24, 2.45) is 11.7 Å². The Morgan fingerprint density at radius 3 is 2.67 bits per heavy atom. The molecule has 1 aromatic rings. The van der Waals surface area contributed by atoms with Gasteiger partial charge in [-0.15, -0.1) is 0 Å². The van der Waals surface area contributed by atoms with Gasteiger partial charge in [0.05, 0.1) is 12.1 Å². The topological polar surface area (TPSA) is 46.2 Å². The van der Waals surface area contributed by atoms with Crippen LogP contribution in [0.4, 0.5) is 0 Å². The fourth-order valence-corrected chi connectivity index (χ4v) is 1.93. The molecule has 0 amide bonds. The Kier molecular flexibility index (Phi) is 3.01. The summed E-state index contributed by atoms with van der Waals surface area (Å²) in [6.45, 7) is 1.95. The Hall–Kier alpha value is -0.570. The summed E-state index contributed by atoms with van der Waals surface area (Å²) in [5, 5.41) is 10.6. The molecule has 0 radical (unpaired) electrons. The molecule has 1 aliphatic rings. The first-order valence-corrected chi connectivity index (χ1v) is 5.67. The summed E-state index contributed by atoms with van der Waals surface area (Å²) in [5.74, 6) is 0.389. The molecule has 3 heteroatoms. The second-order valence-corrected chi connectivity index (χ2v) is 4.77. The third-order valence-corrected chi connectivity index (χ3v) is 3.46. The van der Waals surface area contributed by atoms with Gasteiger partial charge in [-0.3, -0.25) is 0 Å². The van der Waals surface area contributed by atoms with Gasteiger partial charge < -0.3 is 10.8 Å². The zero-order chi connectivity index (χ0) is 11.0. The van der Waals surface area contributed by atoms with Gasteiger partial charge in [0, 0.05) is 5.02 Å². The number of rotatable bonds is 3. The summed E-state index contributed by atoms with van der Waals surface area (Å²) >= 11 is 6.02. The van der Waals surface area contributed by atoms with E-state index in [1.54, 1.807) is 0 Å². The fraction of sp³-hybridized carbons (Fsp3) is 0.500. The van der Waals surface area contributed by atoms with E-state index in [4.69, 9.17) is 17.3 Å². The van der Waals surface area contributed by atoms with Crippen LogP contribution in [0, 0.1) is 12.8 Å². The summed E-state index contributed by atoms with van der Waals surface area (Å²) in [7, 11) is 0. The monoisotopic (exact) mass is 225 g/mol. The lowest BCUT2D eigenvalue weighted by Gasteiger charge is -2.19. The van der Waals surface area contributed by atoms with Gasteiger partial charge in [-0.2, -0.15) is 0 Å². The van der Waals surface area contributed by atoms with Gasteiger partial charge in [0.1, 0.15) is 0 Å². The largest absolute Gasteiger partial charge is 0.391 e. The molecule has 3 N–H and O–H groups in total. The highest BCUT2D eigenvalue weighted by Gasteiger charge is 2.34. The van der Waals surface area contributed by atoms with Crippen molar-refractivity contribution in [1.82, 2.24) is 0 Å². The van der Waals surface area contributed by atoms with Crippen LogP contribution in [0.1, 0.15) is 30.0 Å². The number of hydrogen-bond acceptors (Lipinski definition) is 2. The van der Waals surface area contributed by atoms with Gasteiger partial charge in [-0.1, -0.05) is 23.7 Å². The van der Waals surface area contributed by atoms with Crippen LogP contribution in [0.25, 0.3) is 0 Å². The second-order valence-electron chi connectivity index (χ2n) is 4.36. The van der Waals surface area contributed by atoms with Crippen LogP contribution in [0.3, 0.4) is 0 Å². The first-order chi connectivity index (χ1) is 7.09. The van der Waals surface area contributed by atoms with E-state index in [0.29, 0.717) is 10.9 Å². The maximum Gasteiger partial charge on any atom is 0.0760 e. The van der Waals surface area contributed by atoms with Crippen molar-refractivity contribution in [3.8, 4) is 0 Å². The summed E-state index contributed by atoms with van der Waals surface area (Å²) in [4.78, 5) is 0. The van der Waals surface area contributed by atoms with Gasteiger partial charge in [0.2, 0.25) is 0 Å². The van der Waals surface area contributed by atoms with Crippen molar-refractivity contribution >= 4 is 11.6 Å². The van der Waals surface area contributed by atoms with E-state index < -0.39 is 6.10 Å². The Balaban J connectivity index is 2.17. The number of benzene rings is 1. The molecule has 15 heavy (non-hydrogen) atoms. The molecular weight excluding hydrogens is 210 g/mol.